The van der Waals surface area contributed by atoms with Crippen LogP contribution in [0.4, 0.5) is 5.82 Å². The Morgan fingerprint density at radius 2 is 1.72 bits per heavy atom. The minimum atomic E-state index is -0.837. The maximum Gasteiger partial charge on any atom is 0.303 e. The molecule has 0 amide bonds. The molecule has 0 spiro atoms. The third-order valence-electron chi connectivity index (χ3n) is 3.85. The van der Waals surface area contributed by atoms with Crippen LogP contribution in [0.3, 0.4) is 0 Å². The number of aromatic nitrogens is 2. The number of nitrogens with zero attached hydrogens (tertiary/aromatic N) is 2. The molecule has 3 aromatic rings. The lowest BCUT2D eigenvalue weighted by Gasteiger charge is -2.08. The predicted octanol–water partition coefficient (Wildman–Crippen LogP) is -0.654. The fourth-order valence-electron chi connectivity index (χ4n) is 2.75. The second kappa shape index (κ2) is 7.94. The summed E-state index contributed by atoms with van der Waals surface area (Å²) in [6, 6.07) is 14.5. The normalized spacial score (nSPS) is 10.4. The smallest absolute Gasteiger partial charge is 0.303 e. The average Bonchev–Trinajstić information content (AvgIpc) is 2.56. The highest BCUT2D eigenvalue weighted by molar-refractivity contribution is 5.98. The second-order valence-corrected chi connectivity index (χ2v) is 5.55. The molecule has 0 saturated heterocycles. The van der Waals surface area contributed by atoms with Crippen LogP contribution in [-0.4, -0.2) is 21.3 Å². The number of aromatic hydroxyl groups is 1. The zero-order valence-corrected chi connectivity index (χ0v) is 15.0. The molecule has 0 bridgehead atoms. The molecule has 25 heavy (non-hydrogen) atoms. The number of nitrogen functional groups attached to an aromatic ring is 1. The Bertz CT molecular complexity index is 898. The summed E-state index contributed by atoms with van der Waals surface area (Å²) in [5, 5.41) is 24.6. The van der Waals surface area contributed by atoms with Crippen molar-refractivity contribution in [3.8, 4) is 17.0 Å². The molecule has 0 aliphatic heterocycles. The van der Waals surface area contributed by atoms with Crippen molar-refractivity contribution in [2.45, 2.75) is 19.4 Å². The number of carboxylic acids is 1. The number of nitrogens with two attached hydrogens (primary N) is 1. The zero-order chi connectivity index (χ0) is 17.1. The summed E-state index contributed by atoms with van der Waals surface area (Å²) < 4.78 is 1.74. The van der Waals surface area contributed by atoms with Gasteiger partial charge in [0.15, 0.2) is 12.4 Å². The number of aliphatic carboxylic acids is 1. The molecule has 7 heteroatoms. The molecule has 0 unspecified atom stereocenters. The highest BCUT2D eigenvalue weighted by Crippen LogP contribution is 2.28. The fraction of sp³-hybridized carbons (Fsp3) is 0.167. The van der Waals surface area contributed by atoms with Crippen LogP contribution >= 0.6 is 0 Å². The maximum atomic E-state index is 10.8. The number of anilines is 1. The van der Waals surface area contributed by atoms with E-state index in [1.807, 2.05) is 36.4 Å². The van der Waals surface area contributed by atoms with Gasteiger partial charge < -0.3 is 32.9 Å². The van der Waals surface area contributed by atoms with Gasteiger partial charge in [0.2, 0.25) is 5.69 Å². The zero-order valence-electron chi connectivity index (χ0n) is 13.4. The minimum absolute atomic E-state index is 0. The summed E-state index contributed by atoms with van der Waals surface area (Å²) >= 11 is 0. The molecule has 1 aromatic heterocycles. The molecular weight excluding hydrogens is 386 g/mol. The van der Waals surface area contributed by atoms with Crippen LogP contribution in [0.1, 0.15) is 12.8 Å². The van der Waals surface area contributed by atoms with Crippen LogP contribution in [-0.2, 0) is 11.3 Å². The SMILES string of the molecule is Nc1n[n+](CCCC(=O)O)c(-c2ccc(O)cc2)c2ccccc12.[Br-]. The predicted molar refractivity (Wildman–Crippen MR) is 90.3 cm³/mol. The van der Waals surface area contributed by atoms with Gasteiger partial charge in [-0.05, 0) is 30.3 Å². The Morgan fingerprint density at radius 1 is 1.08 bits per heavy atom. The first-order valence-corrected chi connectivity index (χ1v) is 7.66. The fourth-order valence-corrected chi connectivity index (χ4v) is 2.75. The van der Waals surface area contributed by atoms with Gasteiger partial charge in [-0.2, -0.15) is 0 Å². The first kappa shape index (κ1) is 18.7. The number of fused-ring (bicyclic) bond motifs is 1. The van der Waals surface area contributed by atoms with E-state index in [9.17, 15) is 9.90 Å². The number of benzene rings is 2. The van der Waals surface area contributed by atoms with Gasteiger partial charge in [0.05, 0.1) is 11.8 Å². The summed E-state index contributed by atoms with van der Waals surface area (Å²) in [5.41, 5.74) is 7.80. The summed E-state index contributed by atoms with van der Waals surface area (Å²) in [4.78, 5) is 10.8. The third-order valence-corrected chi connectivity index (χ3v) is 3.85. The average molecular weight is 404 g/mol. The highest BCUT2D eigenvalue weighted by Gasteiger charge is 2.22. The molecule has 3 rings (SSSR count). The van der Waals surface area contributed by atoms with E-state index < -0.39 is 5.97 Å². The second-order valence-electron chi connectivity index (χ2n) is 5.55. The molecule has 0 fully saturated rings. The standard InChI is InChI=1S/C18H17N3O3.BrH/c19-18-15-5-2-1-4-14(15)17(12-7-9-13(22)10-8-12)21(20-18)11-3-6-16(23)24;/h1-2,4-5,7-10H,3,6,11H2,(H3,19,20,23,24);1H. The van der Waals surface area contributed by atoms with Crippen molar-refractivity contribution >= 4 is 22.6 Å². The number of carboxylic acid groups (broad SMARTS) is 1. The Labute approximate surface area is 155 Å². The number of rotatable bonds is 5. The first-order valence-electron chi connectivity index (χ1n) is 7.66. The summed E-state index contributed by atoms with van der Waals surface area (Å²) in [7, 11) is 0. The van der Waals surface area contributed by atoms with Gasteiger partial charge in [-0.3, -0.25) is 4.79 Å². The molecule has 0 aliphatic rings. The quantitative estimate of drug-likeness (QED) is 0.491. The van der Waals surface area contributed by atoms with E-state index in [0.29, 0.717) is 18.8 Å². The third kappa shape index (κ3) is 4.06. The Hall–Kier alpha value is -2.67. The largest absolute Gasteiger partial charge is 1.00 e. The molecular formula is C18H18BrN3O3. The van der Waals surface area contributed by atoms with Crippen molar-refractivity contribution in [2.24, 2.45) is 0 Å². The van der Waals surface area contributed by atoms with E-state index >= 15 is 0 Å². The summed E-state index contributed by atoms with van der Waals surface area (Å²) in [6.45, 7) is 0.442. The topological polar surface area (TPSA) is 100 Å². The van der Waals surface area contributed by atoms with Crippen molar-refractivity contribution in [1.29, 1.82) is 0 Å². The molecule has 4 N–H and O–H groups in total. The van der Waals surface area contributed by atoms with Crippen LogP contribution in [0.5, 0.6) is 5.75 Å². The number of hydrogen-bond donors (Lipinski definition) is 3. The number of phenolic OH excluding ortho intramolecular Hbond substituents is 1. The monoisotopic (exact) mass is 403 g/mol. The lowest BCUT2D eigenvalue weighted by molar-refractivity contribution is -0.741. The number of carbonyl (C=O) groups is 1. The Kier molecular flexibility index (Phi) is 5.93. The van der Waals surface area contributed by atoms with Crippen LogP contribution in [0.15, 0.2) is 48.5 Å². The van der Waals surface area contributed by atoms with Gasteiger partial charge in [-0.1, -0.05) is 22.9 Å². The van der Waals surface area contributed by atoms with Crippen molar-refractivity contribution < 1.29 is 36.7 Å². The van der Waals surface area contributed by atoms with E-state index in [1.165, 1.54) is 0 Å². The lowest BCUT2D eigenvalue weighted by atomic mass is 10.0. The molecule has 0 atom stereocenters. The van der Waals surface area contributed by atoms with Crippen molar-refractivity contribution in [3.05, 3.63) is 48.5 Å². The molecule has 0 aliphatic carbocycles. The van der Waals surface area contributed by atoms with Gasteiger partial charge >= 0.3 is 5.97 Å². The van der Waals surface area contributed by atoms with Crippen molar-refractivity contribution in [3.63, 3.8) is 0 Å². The Balaban J connectivity index is 0.00000225. The van der Waals surface area contributed by atoms with Crippen LogP contribution in [0.2, 0.25) is 0 Å². The van der Waals surface area contributed by atoms with Crippen LogP contribution < -0.4 is 27.4 Å². The molecule has 2 aromatic carbocycles. The summed E-state index contributed by atoms with van der Waals surface area (Å²) in [5.74, 6) is -0.247. The maximum absolute atomic E-state index is 10.8. The van der Waals surface area contributed by atoms with Gasteiger partial charge in [0.1, 0.15) is 5.75 Å². The van der Waals surface area contributed by atoms with Crippen molar-refractivity contribution in [2.75, 3.05) is 5.73 Å². The van der Waals surface area contributed by atoms with Gasteiger partial charge in [0.25, 0.3) is 0 Å². The molecule has 6 nitrogen and oxygen atoms in total. The van der Waals surface area contributed by atoms with Crippen LogP contribution in [0.25, 0.3) is 22.0 Å². The molecule has 130 valence electrons. The molecule has 0 radical (unpaired) electrons. The van der Waals surface area contributed by atoms with E-state index in [0.717, 1.165) is 22.0 Å². The molecule has 1 heterocycles. The van der Waals surface area contributed by atoms with E-state index in [2.05, 4.69) is 5.10 Å². The lowest BCUT2D eigenvalue weighted by Crippen LogP contribution is -3.00. The number of halogens is 1. The van der Waals surface area contributed by atoms with Gasteiger partial charge in [-0.25, -0.2) is 0 Å². The highest BCUT2D eigenvalue weighted by atomic mass is 79.9. The number of phenols is 1. The van der Waals surface area contributed by atoms with E-state index in [1.54, 1.807) is 16.8 Å². The summed E-state index contributed by atoms with van der Waals surface area (Å²) in [6.07, 6.45) is 0.520. The van der Waals surface area contributed by atoms with Gasteiger partial charge in [0, 0.05) is 22.5 Å². The van der Waals surface area contributed by atoms with Crippen LogP contribution in [0, 0.1) is 0 Å². The van der Waals surface area contributed by atoms with E-state index in [4.69, 9.17) is 10.8 Å². The Morgan fingerprint density at radius 3 is 2.36 bits per heavy atom. The molecule has 0 saturated carbocycles. The number of hydrogen-bond acceptors (Lipinski definition) is 4. The van der Waals surface area contributed by atoms with E-state index in [-0.39, 0.29) is 29.2 Å². The number of aryl methyl sites for hydroxylation is 1. The first-order chi connectivity index (χ1) is 11.6. The van der Waals surface area contributed by atoms with Crippen molar-refractivity contribution in [1.82, 2.24) is 5.10 Å². The van der Waals surface area contributed by atoms with Gasteiger partial charge in [-0.15, -0.1) is 0 Å². The minimum Gasteiger partial charge on any atom is -1.00 e.